The van der Waals surface area contributed by atoms with Gasteiger partial charge in [-0.15, -0.1) is 0 Å². The fourth-order valence-electron chi connectivity index (χ4n) is 1.34. The van der Waals surface area contributed by atoms with E-state index in [2.05, 4.69) is 4.98 Å². The number of pyridine rings is 1. The molecule has 0 bridgehead atoms. The van der Waals surface area contributed by atoms with Crippen molar-refractivity contribution in [1.29, 1.82) is 5.26 Å². The number of nitriles is 1. The highest BCUT2D eigenvalue weighted by Crippen LogP contribution is 2.18. The Morgan fingerprint density at radius 1 is 1.06 bits per heavy atom. The average Bonchev–Trinajstić information content (AvgIpc) is 2.40. The lowest BCUT2D eigenvalue weighted by Gasteiger charge is -2.02. The van der Waals surface area contributed by atoms with Gasteiger partial charge in [0, 0.05) is 6.20 Å². The summed E-state index contributed by atoms with van der Waals surface area (Å²) in [5.41, 5.74) is 0.421. The van der Waals surface area contributed by atoms with Gasteiger partial charge in [-0.3, -0.25) is 0 Å². The zero-order chi connectivity index (χ0) is 12.3. The van der Waals surface area contributed by atoms with Gasteiger partial charge in [0.25, 0.3) is 0 Å². The first-order valence-electron chi connectivity index (χ1n) is 4.81. The van der Waals surface area contributed by atoms with Crippen molar-refractivity contribution < 1.29 is 8.42 Å². The molecular weight excluding hydrogens is 236 g/mol. The van der Waals surface area contributed by atoms with E-state index < -0.39 is 9.84 Å². The molecule has 0 fully saturated rings. The molecule has 0 amide bonds. The first-order valence-corrected chi connectivity index (χ1v) is 6.29. The van der Waals surface area contributed by atoms with E-state index in [1.807, 2.05) is 6.07 Å². The maximum atomic E-state index is 12.1. The van der Waals surface area contributed by atoms with Gasteiger partial charge in [0.1, 0.15) is 0 Å². The van der Waals surface area contributed by atoms with Crippen molar-refractivity contribution >= 4 is 9.84 Å². The maximum Gasteiger partial charge on any atom is 0.223 e. The highest BCUT2D eigenvalue weighted by Gasteiger charge is 2.18. The molecule has 0 unspecified atom stereocenters. The monoisotopic (exact) mass is 244 g/mol. The quantitative estimate of drug-likeness (QED) is 0.807. The van der Waals surface area contributed by atoms with E-state index >= 15 is 0 Å². The van der Waals surface area contributed by atoms with Gasteiger partial charge in [-0.05, 0) is 36.4 Å². The molecule has 1 aromatic carbocycles. The molecule has 0 radical (unpaired) electrons. The maximum absolute atomic E-state index is 12.1. The number of rotatable bonds is 2. The summed E-state index contributed by atoms with van der Waals surface area (Å²) in [5.74, 6) is 0. The highest BCUT2D eigenvalue weighted by atomic mass is 32.2. The molecule has 17 heavy (non-hydrogen) atoms. The van der Waals surface area contributed by atoms with E-state index in [0.29, 0.717) is 5.56 Å². The fourth-order valence-corrected chi connectivity index (χ4v) is 2.53. The van der Waals surface area contributed by atoms with E-state index in [9.17, 15) is 8.42 Å². The number of nitrogens with zero attached hydrogens (tertiary/aromatic N) is 2. The molecule has 5 heteroatoms. The smallest absolute Gasteiger partial charge is 0.223 e. The third kappa shape index (κ3) is 2.17. The van der Waals surface area contributed by atoms with Crippen LogP contribution in [-0.4, -0.2) is 13.4 Å². The van der Waals surface area contributed by atoms with Crippen LogP contribution < -0.4 is 0 Å². The molecule has 1 heterocycles. The third-order valence-corrected chi connectivity index (χ3v) is 3.89. The van der Waals surface area contributed by atoms with Crippen LogP contribution in [-0.2, 0) is 9.84 Å². The van der Waals surface area contributed by atoms with E-state index in [-0.39, 0.29) is 9.92 Å². The lowest BCUT2D eigenvalue weighted by molar-refractivity contribution is 0.592. The van der Waals surface area contributed by atoms with Gasteiger partial charge in [0.2, 0.25) is 9.84 Å². The Balaban J connectivity index is 2.50. The van der Waals surface area contributed by atoms with E-state index in [4.69, 9.17) is 5.26 Å². The first kappa shape index (κ1) is 11.3. The molecule has 2 aromatic rings. The minimum atomic E-state index is -3.58. The Morgan fingerprint density at radius 3 is 2.29 bits per heavy atom. The summed E-state index contributed by atoms with van der Waals surface area (Å²) in [6.45, 7) is 0. The first-order chi connectivity index (χ1) is 8.14. The Hall–Kier alpha value is -2.19. The largest absolute Gasteiger partial charge is 0.244 e. The Kier molecular flexibility index (Phi) is 2.90. The topological polar surface area (TPSA) is 70.8 Å². The summed E-state index contributed by atoms with van der Waals surface area (Å²) in [6, 6.07) is 12.4. The molecule has 0 saturated carbocycles. The van der Waals surface area contributed by atoms with Gasteiger partial charge < -0.3 is 0 Å². The van der Waals surface area contributed by atoms with Crippen molar-refractivity contribution in [3.63, 3.8) is 0 Å². The summed E-state index contributed by atoms with van der Waals surface area (Å²) in [6.07, 6.45) is 1.43. The van der Waals surface area contributed by atoms with Crippen LogP contribution >= 0.6 is 0 Å². The summed E-state index contributed by atoms with van der Waals surface area (Å²) >= 11 is 0. The minimum absolute atomic E-state index is 0.00436. The Morgan fingerprint density at radius 2 is 1.76 bits per heavy atom. The van der Waals surface area contributed by atoms with Crippen molar-refractivity contribution in [2.75, 3.05) is 0 Å². The number of hydrogen-bond acceptors (Lipinski definition) is 4. The van der Waals surface area contributed by atoms with Crippen molar-refractivity contribution in [1.82, 2.24) is 4.98 Å². The predicted molar refractivity (Wildman–Crippen MR) is 60.8 cm³/mol. The summed E-state index contributed by atoms with van der Waals surface area (Å²) < 4.78 is 24.2. The second-order valence-electron chi connectivity index (χ2n) is 3.31. The molecule has 84 valence electrons. The third-order valence-electron chi connectivity index (χ3n) is 2.21. The van der Waals surface area contributed by atoms with Crippen molar-refractivity contribution in [3.8, 4) is 6.07 Å². The van der Waals surface area contributed by atoms with Crippen LogP contribution in [0, 0.1) is 11.3 Å². The predicted octanol–water partition coefficient (Wildman–Crippen LogP) is 1.79. The van der Waals surface area contributed by atoms with Gasteiger partial charge in [0.05, 0.1) is 16.5 Å². The molecule has 0 aliphatic rings. The van der Waals surface area contributed by atoms with Crippen LogP contribution in [0.4, 0.5) is 0 Å². The summed E-state index contributed by atoms with van der Waals surface area (Å²) in [4.78, 5) is 3.95. The molecule has 0 atom stereocenters. The van der Waals surface area contributed by atoms with Gasteiger partial charge >= 0.3 is 0 Å². The number of hydrogen-bond donors (Lipinski definition) is 0. The Bertz CT molecular complexity index is 656. The van der Waals surface area contributed by atoms with Crippen molar-refractivity contribution in [3.05, 3.63) is 54.2 Å². The zero-order valence-electron chi connectivity index (χ0n) is 8.74. The summed E-state index contributed by atoms with van der Waals surface area (Å²) in [7, 11) is -3.58. The Labute approximate surface area is 99.1 Å². The van der Waals surface area contributed by atoms with E-state index in [0.717, 1.165) is 0 Å². The average molecular weight is 244 g/mol. The SMILES string of the molecule is N#Cc1ccc(S(=O)(=O)c2ccccn2)cc1. The molecule has 0 aliphatic carbocycles. The molecule has 1 aromatic heterocycles. The highest BCUT2D eigenvalue weighted by molar-refractivity contribution is 7.91. The van der Waals surface area contributed by atoms with Gasteiger partial charge in [-0.1, -0.05) is 6.07 Å². The molecule has 4 nitrogen and oxygen atoms in total. The number of benzene rings is 1. The molecule has 0 N–H and O–H groups in total. The van der Waals surface area contributed by atoms with Crippen LogP contribution in [0.5, 0.6) is 0 Å². The lowest BCUT2D eigenvalue weighted by Crippen LogP contribution is -2.03. The molecule has 0 saturated heterocycles. The van der Waals surface area contributed by atoms with Crippen molar-refractivity contribution in [2.24, 2.45) is 0 Å². The standard InChI is InChI=1S/C12H8N2O2S/c13-9-10-4-6-11(7-5-10)17(15,16)12-3-1-2-8-14-12/h1-8H. The number of aromatic nitrogens is 1. The zero-order valence-corrected chi connectivity index (χ0v) is 9.55. The lowest BCUT2D eigenvalue weighted by atomic mass is 10.2. The normalized spacial score (nSPS) is 10.8. The van der Waals surface area contributed by atoms with Gasteiger partial charge in [-0.25, -0.2) is 13.4 Å². The van der Waals surface area contributed by atoms with E-state index in [1.54, 1.807) is 12.1 Å². The van der Waals surface area contributed by atoms with Crippen LogP contribution in [0.3, 0.4) is 0 Å². The number of sulfone groups is 1. The van der Waals surface area contributed by atoms with Crippen LogP contribution in [0.25, 0.3) is 0 Å². The second kappa shape index (κ2) is 4.36. The van der Waals surface area contributed by atoms with Crippen LogP contribution in [0.2, 0.25) is 0 Å². The van der Waals surface area contributed by atoms with Crippen LogP contribution in [0.1, 0.15) is 5.56 Å². The van der Waals surface area contributed by atoms with Crippen molar-refractivity contribution in [2.45, 2.75) is 9.92 Å². The summed E-state index contributed by atoms with van der Waals surface area (Å²) in [5, 5.41) is 8.64. The van der Waals surface area contributed by atoms with E-state index in [1.165, 1.54) is 36.5 Å². The van der Waals surface area contributed by atoms with Crippen LogP contribution in [0.15, 0.2) is 58.6 Å². The molecule has 0 spiro atoms. The molecule has 0 aliphatic heterocycles. The van der Waals surface area contributed by atoms with Gasteiger partial charge in [-0.2, -0.15) is 5.26 Å². The molecular formula is C12H8N2O2S. The minimum Gasteiger partial charge on any atom is -0.244 e. The fraction of sp³-hybridized carbons (Fsp3) is 0. The molecule has 2 rings (SSSR count). The van der Waals surface area contributed by atoms with Gasteiger partial charge in [0.15, 0.2) is 5.03 Å². The second-order valence-corrected chi connectivity index (χ2v) is 5.20.